The van der Waals surface area contributed by atoms with Crippen molar-refractivity contribution in [3.63, 3.8) is 0 Å². The first-order valence-corrected chi connectivity index (χ1v) is 6.38. The average molecular weight is 273 g/mol. The van der Waals surface area contributed by atoms with Gasteiger partial charge in [-0.25, -0.2) is 9.37 Å². The Hall–Kier alpha value is -2.43. The normalized spacial score (nSPS) is 10.2. The summed E-state index contributed by atoms with van der Waals surface area (Å²) in [5.41, 5.74) is 1.30. The van der Waals surface area contributed by atoms with Crippen molar-refractivity contribution in [2.24, 2.45) is 0 Å². The zero-order chi connectivity index (χ0) is 14.5. The zero-order valence-corrected chi connectivity index (χ0v) is 11.4. The van der Waals surface area contributed by atoms with E-state index in [0.717, 1.165) is 0 Å². The van der Waals surface area contributed by atoms with Crippen LogP contribution in [0, 0.1) is 12.7 Å². The number of anilines is 2. The lowest BCUT2D eigenvalue weighted by atomic mass is 10.1. The standard InChI is InChI=1S/C15H16FN3O/c1-3-17-14-11(6-5-9-18-14)15(20)19-13-8-4-7-12(16)10(13)2/h4-9H,3H2,1-2H3,(H,17,18)(H,19,20). The van der Waals surface area contributed by atoms with Gasteiger partial charge >= 0.3 is 0 Å². The van der Waals surface area contributed by atoms with E-state index < -0.39 is 0 Å². The molecule has 0 aliphatic heterocycles. The number of hydrogen-bond donors (Lipinski definition) is 2. The van der Waals surface area contributed by atoms with Crippen molar-refractivity contribution in [3.05, 3.63) is 53.5 Å². The molecule has 1 heterocycles. The molecule has 5 heteroatoms. The molecule has 0 aliphatic rings. The number of nitrogens with zero attached hydrogens (tertiary/aromatic N) is 1. The van der Waals surface area contributed by atoms with Crippen LogP contribution in [0.2, 0.25) is 0 Å². The van der Waals surface area contributed by atoms with Gasteiger partial charge in [-0.1, -0.05) is 6.07 Å². The Kier molecular flexibility index (Phi) is 4.30. The molecule has 20 heavy (non-hydrogen) atoms. The lowest BCUT2D eigenvalue weighted by molar-refractivity contribution is 0.102. The average Bonchev–Trinajstić information content (AvgIpc) is 2.45. The van der Waals surface area contributed by atoms with E-state index >= 15 is 0 Å². The summed E-state index contributed by atoms with van der Waals surface area (Å²) in [5, 5.41) is 5.73. The van der Waals surface area contributed by atoms with Gasteiger partial charge < -0.3 is 10.6 Å². The summed E-state index contributed by atoms with van der Waals surface area (Å²) in [6.45, 7) is 4.21. The van der Waals surface area contributed by atoms with Gasteiger partial charge in [0.15, 0.2) is 0 Å². The second-order valence-electron chi connectivity index (χ2n) is 4.30. The van der Waals surface area contributed by atoms with Crippen molar-refractivity contribution in [1.29, 1.82) is 0 Å². The maximum absolute atomic E-state index is 13.5. The smallest absolute Gasteiger partial charge is 0.259 e. The number of amides is 1. The van der Waals surface area contributed by atoms with Crippen LogP contribution in [0.3, 0.4) is 0 Å². The highest BCUT2D eigenvalue weighted by molar-refractivity contribution is 6.07. The van der Waals surface area contributed by atoms with Gasteiger partial charge in [-0.15, -0.1) is 0 Å². The minimum absolute atomic E-state index is 0.317. The minimum atomic E-state index is -0.346. The molecule has 0 atom stereocenters. The first kappa shape index (κ1) is 14.0. The van der Waals surface area contributed by atoms with Crippen LogP contribution in [0.25, 0.3) is 0 Å². The molecule has 1 aromatic heterocycles. The van der Waals surface area contributed by atoms with Crippen molar-refractivity contribution in [2.45, 2.75) is 13.8 Å². The molecule has 1 amide bonds. The molecule has 2 rings (SSSR count). The molecule has 0 bridgehead atoms. The topological polar surface area (TPSA) is 54.0 Å². The number of aromatic nitrogens is 1. The molecule has 104 valence electrons. The summed E-state index contributed by atoms with van der Waals surface area (Å²) in [5.74, 6) is -0.148. The van der Waals surface area contributed by atoms with Crippen molar-refractivity contribution < 1.29 is 9.18 Å². The van der Waals surface area contributed by atoms with Crippen LogP contribution >= 0.6 is 0 Å². The third kappa shape index (κ3) is 2.93. The van der Waals surface area contributed by atoms with Crippen LogP contribution in [-0.2, 0) is 0 Å². The number of rotatable bonds is 4. The van der Waals surface area contributed by atoms with Gasteiger partial charge in [0.05, 0.1) is 5.56 Å². The van der Waals surface area contributed by atoms with Gasteiger partial charge in [0.25, 0.3) is 5.91 Å². The Morgan fingerprint density at radius 2 is 2.10 bits per heavy atom. The van der Waals surface area contributed by atoms with Gasteiger partial charge in [-0.3, -0.25) is 4.79 Å². The SMILES string of the molecule is CCNc1ncccc1C(=O)Nc1cccc(F)c1C. The first-order chi connectivity index (χ1) is 9.63. The van der Waals surface area contributed by atoms with Crippen molar-refractivity contribution in [2.75, 3.05) is 17.2 Å². The molecule has 0 fully saturated rings. The monoisotopic (exact) mass is 273 g/mol. The van der Waals surface area contributed by atoms with Gasteiger partial charge in [-0.2, -0.15) is 0 Å². The van der Waals surface area contributed by atoms with Gasteiger partial charge in [0, 0.05) is 24.0 Å². The van der Waals surface area contributed by atoms with E-state index in [1.165, 1.54) is 6.07 Å². The summed E-state index contributed by atoms with van der Waals surface area (Å²) < 4.78 is 13.5. The van der Waals surface area contributed by atoms with Crippen molar-refractivity contribution in [1.82, 2.24) is 4.98 Å². The summed E-state index contributed by atoms with van der Waals surface area (Å²) in [6.07, 6.45) is 1.61. The summed E-state index contributed by atoms with van der Waals surface area (Å²) in [6, 6.07) is 7.95. The molecular formula is C15H16FN3O. The number of halogens is 1. The van der Waals surface area contributed by atoms with E-state index in [-0.39, 0.29) is 11.7 Å². The third-order valence-electron chi connectivity index (χ3n) is 2.91. The first-order valence-electron chi connectivity index (χ1n) is 6.38. The van der Waals surface area contributed by atoms with Crippen molar-refractivity contribution in [3.8, 4) is 0 Å². The van der Waals surface area contributed by atoms with Gasteiger partial charge in [0.2, 0.25) is 0 Å². The molecule has 0 saturated heterocycles. The van der Waals surface area contributed by atoms with E-state index in [2.05, 4.69) is 15.6 Å². The highest BCUT2D eigenvalue weighted by Gasteiger charge is 2.13. The summed E-state index contributed by atoms with van der Waals surface area (Å²) in [4.78, 5) is 16.4. The predicted octanol–water partition coefficient (Wildman–Crippen LogP) is 3.21. The molecule has 0 radical (unpaired) electrons. The molecule has 0 unspecified atom stereocenters. The molecule has 0 aliphatic carbocycles. The van der Waals surface area contributed by atoms with E-state index in [1.54, 1.807) is 37.4 Å². The lowest BCUT2D eigenvalue weighted by Crippen LogP contribution is -2.16. The number of carbonyl (C=O) groups is 1. The Labute approximate surface area is 117 Å². The van der Waals surface area contributed by atoms with Gasteiger partial charge in [0.1, 0.15) is 11.6 Å². The maximum atomic E-state index is 13.5. The molecule has 4 nitrogen and oxygen atoms in total. The maximum Gasteiger partial charge on any atom is 0.259 e. The number of carbonyl (C=O) groups excluding carboxylic acids is 1. The molecular weight excluding hydrogens is 257 g/mol. The number of benzene rings is 1. The van der Waals surface area contributed by atoms with E-state index in [4.69, 9.17) is 0 Å². The Bertz CT molecular complexity index is 628. The van der Waals surface area contributed by atoms with E-state index in [0.29, 0.717) is 29.2 Å². The molecule has 2 aromatic rings. The quantitative estimate of drug-likeness (QED) is 0.899. The fourth-order valence-electron chi connectivity index (χ4n) is 1.83. The van der Waals surface area contributed by atoms with Crippen LogP contribution in [0.5, 0.6) is 0 Å². The fraction of sp³-hybridized carbons (Fsp3) is 0.200. The third-order valence-corrected chi connectivity index (χ3v) is 2.91. The number of hydrogen-bond acceptors (Lipinski definition) is 3. The molecule has 2 N–H and O–H groups in total. The van der Waals surface area contributed by atoms with Crippen LogP contribution in [0.15, 0.2) is 36.5 Å². The zero-order valence-electron chi connectivity index (χ0n) is 11.4. The number of nitrogens with one attached hydrogen (secondary N) is 2. The van der Waals surface area contributed by atoms with Crippen LogP contribution < -0.4 is 10.6 Å². The fourth-order valence-corrected chi connectivity index (χ4v) is 1.83. The molecule has 1 aromatic carbocycles. The van der Waals surface area contributed by atoms with E-state index in [1.807, 2.05) is 6.92 Å². The van der Waals surface area contributed by atoms with Gasteiger partial charge in [-0.05, 0) is 38.1 Å². The van der Waals surface area contributed by atoms with Crippen LogP contribution in [0.1, 0.15) is 22.8 Å². The lowest BCUT2D eigenvalue weighted by Gasteiger charge is -2.11. The van der Waals surface area contributed by atoms with Crippen LogP contribution in [0.4, 0.5) is 15.9 Å². The van der Waals surface area contributed by atoms with Crippen molar-refractivity contribution >= 4 is 17.4 Å². The highest BCUT2D eigenvalue weighted by Crippen LogP contribution is 2.20. The summed E-state index contributed by atoms with van der Waals surface area (Å²) >= 11 is 0. The second-order valence-corrected chi connectivity index (χ2v) is 4.30. The Balaban J connectivity index is 2.26. The second kappa shape index (κ2) is 6.14. The van der Waals surface area contributed by atoms with Crippen LogP contribution in [-0.4, -0.2) is 17.4 Å². The molecule has 0 spiro atoms. The largest absolute Gasteiger partial charge is 0.370 e. The molecule has 0 saturated carbocycles. The highest BCUT2D eigenvalue weighted by atomic mass is 19.1. The number of pyridine rings is 1. The Morgan fingerprint density at radius 1 is 1.30 bits per heavy atom. The van der Waals surface area contributed by atoms with E-state index in [9.17, 15) is 9.18 Å². The summed E-state index contributed by atoms with van der Waals surface area (Å²) in [7, 11) is 0. The minimum Gasteiger partial charge on any atom is -0.370 e. The predicted molar refractivity (Wildman–Crippen MR) is 77.5 cm³/mol. The Morgan fingerprint density at radius 3 is 2.85 bits per heavy atom.